The van der Waals surface area contributed by atoms with Crippen LogP contribution in [-0.2, 0) is 6.54 Å². The monoisotopic (exact) mass is 429 g/mol. The molecule has 2 aromatic heterocycles. The normalized spacial score (nSPS) is 17.4. The average molecular weight is 429 g/mol. The number of hydrogen-bond acceptors (Lipinski definition) is 9. The van der Waals surface area contributed by atoms with Crippen LogP contribution in [0.15, 0.2) is 48.8 Å². The maximum atomic E-state index is 12.9. The van der Waals surface area contributed by atoms with Crippen LogP contribution in [0, 0.1) is 11.3 Å². The van der Waals surface area contributed by atoms with E-state index >= 15 is 0 Å². The summed E-state index contributed by atoms with van der Waals surface area (Å²) in [5.74, 6) is 0.484. The zero-order chi connectivity index (χ0) is 22.3. The maximum Gasteiger partial charge on any atom is 0.274 e. The Labute approximate surface area is 185 Å². The Morgan fingerprint density at radius 2 is 1.97 bits per heavy atom. The molecule has 0 aliphatic heterocycles. The number of rotatable bonds is 7. The van der Waals surface area contributed by atoms with Gasteiger partial charge in [0.05, 0.1) is 18.1 Å². The van der Waals surface area contributed by atoms with E-state index in [1.165, 1.54) is 12.4 Å². The SMILES string of the molecule is N#Cc1cnc(Nc2cc(NC3CCC(N)C3)c(C(=O)NCc3ccccc3)nn2)cn1. The van der Waals surface area contributed by atoms with Gasteiger partial charge in [-0.15, -0.1) is 10.2 Å². The highest BCUT2D eigenvalue weighted by Gasteiger charge is 2.24. The van der Waals surface area contributed by atoms with Gasteiger partial charge in [-0.2, -0.15) is 5.26 Å². The minimum absolute atomic E-state index is 0.143. The molecule has 2 unspecified atom stereocenters. The van der Waals surface area contributed by atoms with Gasteiger partial charge >= 0.3 is 0 Å². The van der Waals surface area contributed by atoms with Crippen LogP contribution in [0.4, 0.5) is 17.3 Å². The third-order valence-corrected chi connectivity index (χ3v) is 5.16. The first-order valence-electron chi connectivity index (χ1n) is 10.3. The maximum absolute atomic E-state index is 12.9. The van der Waals surface area contributed by atoms with Gasteiger partial charge in [0, 0.05) is 24.7 Å². The van der Waals surface area contributed by atoms with Crippen LogP contribution in [0.3, 0.4) is 0 Å². The molecule has 5 N–H and O–H groups in total. The molecule has 0 saturated heterocycles. The first-order chi connectivity index (χ1) is 15.6. The zero-order valence-corrected chi connectivity index (χ0v) is 17.3. The molecule has 10 heteroatoms. The molecule has 2 heterocycles. The van der Waals surface area contributed by atoms with Crippen LogP contribution in [0.2, 0.25) is 0 Å². The van der Waals surface area contributed by atoms with Gasteiger partial charge in [-0.1, -0.05) is 30.3 Å². The standard InChI is InChI=1S/C22H23N9O/c23-10-17-12-26-20(13-25-17)29-19-9-18(28-16-7-6-15(24)8-16)21(31-30-19)22(32)27-11-14-4-2-1-3-5-14/h1-5,9,12-13,15-16H,6-8,11,24H2,(H,27,32)(H2,26,28,29,30). The van der Waals surface area contributed by atoms with E-state index in [4.69, 9.17) is 11.0 Å². The molecule has 1 fully saturated rings. The molecule has 162 valence electrons. The predicted octanol–water partition coefficient (Wildman–Crippen LogP) is 2.10. The van der Waals surface area contributed by atoms with Gasteiger partial charge in [0.2, 0.25) is 0 Å². The molecule has 1 aliphatic carbocycles. The Hall–Kier alpha value is -4.10. The lowest BCUT2D eigenvalue weighted by Crippen LogP contribution is -2.27. The van der Waals surface area contributed by atoms with E-state index in [9.17, 15) is 4.79 Å². The number of amides is 1. The summed E-state index contributed by atoms with van der Waals surface area (Å²) >= 11 is 0. The smallest absolute Gasteiger partial charge is 0.274 e. The van der Waals surface area contributed by atoms with Crippen LogP contribution in [-0.4, -0.2) is 38.2 Å². The number of carbonyl (C=O) groups is 1. The molecule has 1 saturated carbocycles. The molecule has 4 rings (SSSR count). The molecule has 0 spiro atoms. The van der Waals surface area contributed by atoms with Crippen molar-refractivity contribution in [3.8, 4) is 6.07 Å². The lowest BCUT2D eigenvalue weighted by Gasteiger charge is -2.17. The Kier molecular flexibility index (Phi) is 6.48. The minimum atomic E-state index is -0.323. The topological polar surface area (TPSA) is 155 Å². The van der Waals surface area contributed by atoms with E-state index in [1.807, 2.05) is 36.4 Å². The molecule has 1 amide bonds. The largest absolute Gasteiger partial charge is 0.380 e. The molecule has 32 heavy (non-hydrogen) atoms. The van der Waals surface area contributed by atoms with Crippen LogP contribution in [0.5, 0.6) is 0 Å². The molecule has 10 nitrogen and oxygen atoms in total. The number of nitrogens with one attached hydrogen (secondary N) is 3. The van der Waals surface area contributed by atoms with Crippen molar-refractivity contribution in [2.75, 3.05) is 10.6 Å². The van der Waals surface area contributed by atoms with Crippen molar-refractivity contribution in [1.82, 2.24) is 25.5 Å². The first-order valence-corrected chi connectivity index (χ1v) is 10.3. The molecule has 0 radical (unpaired) electrons. The number of benzene rings is 1. The highest BCUT2D eigenvalue weighted by atomic mass is 16.1. The third-order valence-electron chi connectivity index (χ3n) is 5.16. The summed E-state index contributed by atoms with van der Waals surface area (Å²) in [5, 5.41) is 26.4. The summed E-state index contributed by atoms with van der Waals surface area (Å²) in [4.78, 5) is 21.0. The third kappa shape index (κ3) is 5.33. The number of hydrogen-bond donors (Lipinski definition) is 4. The Morgan fingerprint density at radius 1 is 1.12 bits per heavy atom. The van der Waals surface area contributed by atoms with Crippen molar-refractivity contribution >= 4 is 23.2 Å². The molecule has 2 atom stereocenters. The summed E-state index contributed by atoms with van der Waals surface area (Å²) in [6.07, 6.45) is 5.46. The van der Waals surface area contributed by atoms with E-state index < -0.39 is 0 Å². The highest BCUT2D eigenvalue weighted by Crippen LogP contribution is 2.25. The van der Waals surface area contributed by atoms with E-state index in [1.54, 1.807) is 6.07 Å². The lowest BCUT2D eigenvalue weighted by atomic mass is 10.2. The molecule has 1 aromatic carbocycles. The van der Waals surface area contributed by atoms with Crippen molar-refractivity contribution in [3.05, 3.63) is 65.7 Å². The number of nitrogens with two attached hydrogens (primary N) is 1. The van der Waals surface area contributed by atoms with E-state index in [0.29, 0.717) is 23.9 Å². The second kappa shape index (κ2) is 9.80. The Balaban J connectivity index is 1.53. The van der Waals surface area contributed by atoms with Crippen molar-refractivity contribution in [2.45, 2.75) is 37.9 Å². The fraction of sp³-hybridized carbons (Fsp3) is 0.273. The number of anilines is 3. The Bertz CT molecular complexity index is 1110. The fourth-order valence-electron chi connectivity index (χ4n) is 3.54. The van der Waals surface area contributed by atoms with Gasteiger partial charge in [0.15, 0.2) is 17.2 Å². The second-order valence-corrected chi connectivity index (χ2v) is 7.60. The van der Waals surface area contributed by atoms with Gasteiger partial charge < -0.3 is 21.7 Å². The summed E-state index contributed by atoms with van der Waals surface area (Å²) < 4.78 is 0. The average Bonchev–Trinajstić information content (AvgIpc) is 3.23. The zero-order valence-electron chi connectivity index (χ0n) is 17.3. The van der Waals surface area contributed by atoms with Crippen molar-refractivity contribution in [3.63, 3.8) is 0 Å². The number of nitrogens with zero attached hydrogens (tertiary/aromatic N) is 5. The number of aromatic nitrogens is 4. The summed E-state index contributed by atoms with van der Waals surface area (Å²) in [6.45, 7) is 0.385. The fourth-order valence-corrected chi connectivity index (χ4v) is 3.54. The van der Waals surface area contributed by atoms with Crippen LogP contribution in [0.1, 0.15) is 41.0 Å². The molecule has 1 aliphatic rings. The van der Waals surface area contributed by atoms with E-state index in [-0.39, 0.29) is 29.4 Å². The van der Waals surface area contributed by atoms with Crippen molar-refractivity contribution in [2.24, 2.45) is 5.73 Å². The molecule has 0 bridgehead atoms. The predicted molar refractivity (Wildman–Crippen MR) is 119 cm³/mol. The number of nitriles is 1. The quantitative estimate of drug-likeness (QED) is 0.442. The van der Waals surface area contributed by atoms with Gasteiger partial charge in [-0.05, 0) is 24.8 Å². The van der Waals surface area contributed by atoms with Crippen LogP contribution in [0.25, 0.3) is 0 Å². The Morgan fingerprint density at radius 3 is 2.66 bits per heavy atom. The van der Waals surface area contributed by atoms with Gasteiger partial charge in [-0.3, -0.25) is 4.79 Å². The second-order valence-electron chi connectivity index (χ2n) is 7.60. The minimum Gasteiger partial charge on any atom is -0.380 e. The molecular formula is C22H23N9O. The molecular weight excluding hydrogens is 406 g/mol. The van der Waals surface area contributed by atoms with Crippen molar-refractivity contribution < 1.29 is 4.79 Å². The summed E-state index contributed by atoms with van der Waals surface area (Å²) in [7, 11) is 0. The highest BCUT2D eigenvalue weighted by molar-refractivity contribution is 5.97. The van der Waals surface area contributed by atoms with E-state index in [2.05, 4.69) is 36.1 Å². The van der Waals surface area contributed by atoms with Gasteiger partial charge in [0.1, 0.15) is 11.9 Å². The number of carbonyl (C=O) groups excluding carboxylic acids is 1. The van der Waals surface area contributed by atoms with E-state index in [0.717, 1.165) is 24.8 Å². The van der Waals surface area contributed by atoms with Gasteiger partial charge in [0.25, 0.3) is 5.91 Å². The van der Waals surface area contributed by atoms with Crippen LogP contribution >= 0.6 is 0 Å². The molecule has 3 aromatic rings. The van der Waals surface area contributed by atoms with Crippen LogP contribution < -0.4 is 21.7 Å². The summed E-state index contributed by atoms with van der Waals surface area (Å²) in [6, 6.07) is 13.6. The first kappa shape index (κ1) is 21.1. The van der Waals surface area contributed by atoms with Gasteiger partial charge in [-0.25, -0.2) is 9.97 Å². The van der Waals surface area contributed by atoms with Crippen molar-refractivity contribution in [1.29, 1.82) is 5.26 Å². The lowest BCUT2D eigenvalue weighted by molar-refractivity contribution is 0.0946. The summed E-state index contributed by atoms with van der Waals surface area (Å²) in [5.41, 5.74) is 8.02.